The molecule has 0 amide bonds. The first kappa shape index (κ1) is 17.3. The molecule has 0 bridgehead atoms. The molecule has 0 N–H and O–H groups in total. The molecule has 5 rings (SSSR count). The number of nitrogens with zero attached hydrogens (tertiary/aromatic N) is 5. The standard InChI is InChI=1S/C19H13N5O4S/c1-21-14-7-10(13(24(27)28)9-15(14)22(2)19(21)26)8-16-17(25)23-12-6-4-3-5-11(12)20-18(23)29-16/h3-9H,1-2H3/b16-8-. The number of hydrogen-bond acceptors (Lipinski definition) is 6. The van der Waals surface area contributed by atoms with Crippen molar-refractivity contribution < 1.29 is 4.92 Å². The maximum Gasteiger partial charge on any atom is 0.328 e. The Morgan fingerprint density at radius 3 is 2.48 bits per heavy atom. The summed E-state index contributed by atoms with van der Waals surface area (Å²) >= 11 is 1.17. The van der Waals surface area contributed by atoms with Gasteiger partial charge in [0.2, 0.25) is 0 Å². The van der Waals surface area contributed by atoms with E-state index in [1.54, 1.807) is 20.2 Å². The largest absolute Gasteiger partial charge is 0.328 e. The van der Waals surface area contributed by atoms with Crippen molar-refractivity contribution in [2.24, 2.45) is 14.1 Å². The van der Waals surface area contributed by atoms with Gasteiger partial charge in [0.15, 0.2) is 4.96 Å². The molecule has 0 saturated carbocycles. The molecular weight excluding hydrogens is 394 g/mol. The lowest BCUT2D eigenvalue weighted by molar-refractivity contribution is -0.385. The Bertz CT molecular complexity index is 1650. The molecule has 0 saturated heterocycles. The Kier molecular flexibility index (Phi) is 3.49. The van der Waals surface area contributed by atoms with Crippen LogP contribution >= 0.6 is 11.3 Å². The maximum atomic E-state index is 13.0. The van der Waals surface area contributed by atoms with E-state index < -0.39 is 4.92 Å². The van der Waals surface area contributed by atoms with Crippen molar-refractivity contribution in [3.63, 3.8) is 0 Å². The summed E-state index contributed by atoms with van der Waals surface area (Å²) in [5.41, 5.74) is 1.94. The summed E-state index contributed by atoms with van der Waals surface area (Å²) in [7, 11) is 3.16. The highest BCUT2D eigenvalue weighted by Gasteiger charge is 2.19. The van der Waals surface area contributed by atoms with Gasteiger partial charge in [-0.3, -0.25) is 24.0 Å². The van der Waals surface area contributed by atoms with E-state index >= 15 is 0 Å². The second-order valence-electron chi connectivity index (χ2n) is 6.69. The highest BCUT2D eigenvalue weighted by atomic mass is 32.1. The van der Waals surface area contributed by atoms with Crippen molar-refractivity contribution in [3.05, 3.63) is 77.4 Å². The number of nitro benzene ring substituents is 1. The Hall–Kier alpha value is -3.79. The quantitative estimate of drug-likeness (QED) is 0.326. The summed E-state index contributed by atoms with van der Waals surface area (Å²) in [5, 5.41) is 11.6. The van der Waals surface area contributed by atoms with Crippen molar-refractivity contribution in [2.45, 2.75) is 0 Å². The van der Waals surface area contributed by atoms with Crippen LogP contribution in [0.4, 0.5) is 5.69 Å². The molecule has 5 aromatic rings. The van der Waals surface area contributed by atoms with Gasteiger partial charge in [-0.15, -0.1) is 0 Å². The van der Waals surface area contributed by atoms with E-state index in [0.29, 0.717) is 31.6 Å². The number of thiazole rings is 1. The van der Waals surface area contributed by atoms with Crippen LogP contribution in [-0.4, -0.2) is 23.4 Å². The van der Waals surface area contributed by atoms with E-state index in [2.05, 4.69) is 4.98 Å². The van der Waals surface area contributed by atoms with Crippen LogP contribution in [-0.2, 0) is 14.1 Å². The van der Waals surface area contributed by atoms with Crippen molar-refractivity contribution in [2.75, 3.05) is 0 Å². The zero-order valence-electron chi connectivity index (χ0n) is 15.3. The van der Waals surface area contributed by atoms with E-state index in [-0.39, 0.29) is 22.5 Å². The topological polar surface area (TPSA) is 104 Å². The van der Waals surface area contributed by atoms with Gasteiger partial charge >= 0.3 is 5.69 Å². The van der Waals surface area contributed by atoms with Crippen LogP contribution in [0.3, 0.4) is 0 Å². The summed E-state index contributed by atoms with van der Waals surface area (Å²) < 4.78 is 4.62. The van der Waals surface area contributed by atoms with Gasteiger partial charge in [0.05, 0.1) is 37.1 Å². The van der Waals surface area contributed by atoms with Crippen LogP contribution in [0, 0.1) is 10.1 Å². The SMILES string of the molecule is Cn1c(=O)n(C)c2cc([N+](=O)[O-])c(/C=c3\sc4nc5ccccc5n4c3=O)cc21. The smallest absolute Gasteiger partial charge is 0.295 e. The van der Waals surface area contributed by atoms with Crippen LogP contribution in [0.1, 0.15) is 5.56 Å². The minimum Gasteiger partial charge on any atom is -0.295 e. The molecule has 144 valence electrons. The van der Waals surface area contributed by atoms with Gasteiger partial charge in [0, 0.05) is 20.2 Å². The Morgan fingerprint density at radius 2 is 1.76 bits per heavy atom. The predicted molar refractivity (Wildman–Crippen MR) is 110 cm³/mol. The summed E-state index contributed by atoms with van der Waals surface area (Å²) in [6.07, 6.45) is 1.49. The Labute approximate surface area is 165 Å². The number of nitro groups is 1. The first-order chi connectivity index (χ1) is 13.9. The number of fused-ring (bicyclic) bond motifs is 4. The lowest BCUT2D eigenvalue weighted by atomic mass is 10.1. The third-order valence-electron chi connectivity index (χ3n) is 5.05. The van der Waals surface area contributed by atoms with Crippen molar-refractivity contribution >= 4 is 50.1 Å². The molecule has 0 aliphatic heterocycles. The molecule has 0 atom stereocenters. The molecule has 0 spiro atoms. The number of benzene rings is 2. The van der Waals surface area contributed by atoms with Gasteiger partial charge in [0.1, 0.15) is 0 Å². The molecule has 10 heteroatoms. The summed E-state index contributed by atoms with van der Waals surface area (Å²) in [5.74, 6) is 0. The van der Waals surface area contributed by atoms with Gasteiger partial charge in [0.25, 0.3) is 11.2 Å². The molecule has 0 fully saturated rings. The maximum absolute atomic E-state index is 13.0. The molecule has 9 nitrogen and oxygen atoms in total. The summed E-state index contributed by atoms with van der Waals surface area (Å²) in [4.78, 5) is 41.2. The highest BCUT2D eigenvalue weighted by molar-refractivity contribution is 7.15. The Morgan fingerprint density at radius 1 is 1.07 bits per heavy atom. The molecule has 0 radical (unpaired) electrons. The first-order valence-electron chi connectivity index (χ1n) is 8.62. The van der Waals surface area contributed by atoms with Crippen molar-refractivity contribution in [1.82, 2.24) is 18.5 Å². The van der Waals surface area contributed by atoms with E-state index in [1.165, 1.54) is 37.0 Å². The van der Waals surface area contributed by atoms with E-state index in [4.69, 9.17) is 0 Å². The summed E-state index contributed by atoms with van der Waals surface area (Å²) in [6, 6.07) is 10.2. The first-order valence-corrected chi connectivity index (χ1v) is 9.44. The minimum atomic E-state index is -0.513. The van der Waals surface area contributed by atoms with Crippen LogP contribution in [0.25, 0.3) is 33.1 Å². The lowest BCUT2D eigenvalue weighted by Crippen LogP contribution is -2.22. The number of aryl methyl sites for hydroxylation is 2. The normalized spacial score (nSPS) is 12.6. The van der Waals surface area contributed by atoms with Crippen molar-refractivity contribution in [3.8, 4) is 0 Å². The Balaban J connectivity index is 1.85. The average Bonchev–Trinajstić information content (AvgIpc) is 3.28. The highest BCUT2D eigenvalue weighted by Crippen LogP contribution is 2.26. The van der Waals surface area contributed by atoms with Crippen LogP contribution in [0.15, 0.2) is 46.0 Å². The second kappa shape index (κ2) is 5.85. The van der Waals surface area contributed by atoms with Gasteiger partial charge in [-0.1, -0.05) is 23.5 Å². The molecule has 3 aromatic heterocycles. The fourth-order valence-corrected chi connectivity index (χ4v) is 4.56. The van der Waals surface area contributed by atoms with Gasteiger partial charge in [-0.25, -0.2) is 14.2 Å². The van der Waals surface area contributed by atoms with Crippen LogP contribution in [0.5, 0.6) is 0 Å². The fraction of sp³-hybridized carbons (Fsp3) is 0.105. The van der Waals surface area contributed by atoms with E-state index in [9.17, 15) is 19.7 Å². The third kappa shape index (κ3) is 2.36. The number of aromatic nitrogens is 4. The van der Waals surface area contributed by atoms with Gasteiger partial charge < -0.3 is 0 Å². The third-order valence-corrected chi connectivity index (χ3v) is 6.02. The molecule has 0 aliphatic rings. The summed E-state index contributed by atoms with van der Waals surface area (Å²) in [6.45, 7) is 0. The molecule has 2 aromatic carbocycles. The number of imidazole rings is 2. The lowest BCUT2D eigenvalue weighted by Gasteiger charge is -2.00. The van der Waals surface area contributed by atoms with Gasteiger partial charge in [-0.2, -0.15) is 0 Å². The van der Waals surface area contributed by atoms with Gasteiger partial charge in [-0.05, 0) is 24.3 Å². The predicted octanol–water partition coefficient (Wildman–Crippen LogP) is 1.56. The minimum absolute atomic E-state index is 0.172. The van der Waals surface area contributed by atoms with E-state index in [0.717, 1.165) is 0 Å². The van der Waals surface area contributed by atoms with E-state index in [1.807, 2.05) is 24.3 Å². The number of para-hydroxylation sites is 2. The molecule has 0 aliphatic carbocycles. The van der Waals surface area contributed by atoms with Crippen LogP contribution in [0.2, 0.25) is 0 Å². The number of hydrogen-bond donors (Lipinski definition) is 0. The van der Waals surface area contributed by atoms with Crippen molar-refractivity contribution in [1.29, 1.82) is 0 Å². The monoisotopic (exact) mass is 407 g/mol. The molecule has 3 heterocycles. The molecule has 29 heavy (non-hydrogen) atoms. The average molecular weight is 407 g/mol. The molecular formula is C19H13N5O4S. The molecule has 0 unspecified atom stereocenters. The number of rotatable bonds is 2. The fourth-order valence-electron chi connectivity index (χ4n) is 3.58. The zero-order chi connectivity index (χ0) is 20.4. The zero-order valence-corrected chi connectivity index (χ0v) is 16.1. The second-order valence-corrected chi connectivity index (χ2v) is 7.70. The van der Waals surface area contributed by atoms with Crippen LogP contribution < -0.4 is 15.8 Å².